The lowest BCUT2D eigenvalue weighted by atomic mass is 9.86. The zero-order valence-electron chi connectivity index (χ0n) is 7.62. The normalized spacial score (nSPS) is 18.6. The summed E-state index contributed by atoms with van der Waals surface area (Å²) in [7, 11) is 0. The van der Waals surface area contributed by atoms with E-state index in [0.29, 0.717) is 6.54 Å². The second-order valence-electron chi connectivity index (χ2n) is 3.52. The van der Waals surface area contributed by atoms with Crippen molar-refractivity contribution in [3.8, 4) is 0 Å². The van der Waals surface area contributed by atoms with Crippen LogP contribution in [0.4, 0.5) is 5.82 Å². The molecule has 76 valence electrons. The Hall–Kier alpha value is -1.49. The molecule has 5 nitrogen and oxygen atoms in total. The van der Waals surface area contributed by atoms with Gasteiger partial charge in [0.25, 0.3) is 0 Å². The maximum atomic E-state index is 10.9. The maximum Gasteiger partial charge on any atom is 0.316 e. The van der Waals surface area contributed by atoms with Gasteiger partial charge in [-0.25, -0.2) is 0 Å². The van der Waals surface area contributed by atoms with Crippen LogP contribution < -0.4 is 5.32 Å². The van der Waals surface area contributed by atoms with Crippen LogP contribution in [0.3, 0.4) is 0 Å². The number of aromatic amines is 1. The van der Waals surface area contributed by atoms with Crippen LogP contribution in [0.2, 0.25) is 0 Å². The van der Waals surface area contributed by atoms with E-state index in [0.717, 1.165) is 5.82 Å². The summed E-state index contributed by atoms with van der Waals surface area (Å²) in [5.41, 5.74) is -0.745. The molecular formula is C9H12N2O3. The molecule has 2 heterocycles. The molecule has 0 bridgehead atoms. The summed E-state index contributed by atoms with van der Waals surface area (Å²) in [6.07, 6.45) is 1.78. The zero-order valence-corrected chi connectivity index (χ0v) is 7.62. The second-order valence-corrected chi connectivity index (χ2v) is 3.52. The van der Waals surface area contributed by atoms with Crippen LogP contribution in [-0.2, 0) is 9.53 Å². The van der Waals surface area contributed by atoms with Crippen LogP contribution in [0.25, 0.3) is 0 Å². The summed E-state index contributed by atoms with van der Waals surface area (Å²) < 4.78 is 4.94. The minimum atomic E-state index is -0.803. The van der Waals surface area contributed by atoms with Crippen molar-refractivity contribution in [1.29, 1.82) is 0 Å². The molecule has 3 N–H and O–H groups in total. The summed E-state index contributed by atoms with van der Waals surface area (Å²) >= 11 is 0. The topological polar surface area (TPSA) is 74.4 Å². The van der Waals surface area contributed by atoms with E-state index in [4.69, 9.17) is 9.84 Å². The van der Waals surface area contributed by atoms with Crippen molar-refractivity contribution in [2.75, 3.05) is 25.1 Å². The van der Waals surface area contributed by atoms with Crippen molar-refractivity contribution in [2.24, 2.45) is 5.41 Å². The van der Waals surface area contributed by atoms with Gasteiger partial charge in [0, 0.05) is 12.7 Å². The number of hydrogen-bond acceptors (Lipinski definition) is 3. The average Bonchev–Trinajstić information content (AvgIpc) is 2.53. The molecule has 0 saturated carbocycles. The monoisotopic (exact) mass is 196 g/mol. The lowest BCUT2D eigenvalue weighted by molar-refractivity contribution is -0.176. The summed E-state index contributed by atoms with van der Waals surface area (Å²) in [5.74, 6) is 0.0281. The number of aromatic nitrogens is 1. The molecule has 1 aromatic rings. The lowest BCUT2D eigenvalue weighted by Gasteiger charge is -2.37. The number of carbonyl (C=O) groups is 1. The van der Waals surface area contributed by atoms with Crippen molar-refractivity contribution >= 4 is 11.8 Å². The molecule has 0 aromatic carbocycles. The molecule has 1 saturated heterocycles. The lowest BCUT2D eigenvalue weighted by Crippen LogP contribution is -2.53. The summed E-state index contributed by atoms with van der Waals surface area (Å²) in [5, 5.41) is 12.0. The highest BCUT2D eigenvalue weighted by Crippen LogP contribution is 2.27. The highest BCUT2D eigenvalue weighted by Gasteiger charge is 2.46. The Bertz CT molecular complexity index is 317. The van der Waals surface area contributed by atoms with Crippen LogP contribution in [0.15, 0.2) is 18.3 Å². The molecule has 0 spiro atoms. The molecule has 14 heavy (non-hydrogen) atoms. The number of carboxylic acid groups (broad SMARTS) is 1. The summed E-state index contributed by atoms with van der Waals surface area (Å²) in [6, 6.07) is 3.71. The Morgan fingerprint density at radius 2 is 2.50 bits per heavy atom. The first-order valence-corrected chi connectivity index (χ1v) is 4.41. The van der Waals surface area contributed by atoms with Gasteiger partial charge in [-0.05, 0) is 12.1 Å². The van der Waals surface area contributed by atoms with Crippen molar-refractivity contribution < 1.29 is 14.6 Å². The van der Waals surface area contributed by atoms with Gasteiger partial charge in [-0.15, -0.1) is 0 Å². The van der Waals surface area contributed by atoms with Gasteiger partial charge < -0.3 is 20.1 Å². The van der Waals surface area contributed by atoms with Crippen molar-refractivity contribution in [1.82, 2.24) is 4.98 Å². The molecule has 1 fully saturated rings. The molecule has 0 unspecified atom stereocenters. The van der Waals surface area contributed by atoms with E-state index in [9.17, 15) is 4.79 Å². The Balaban J connectivity index is 1.93. The number of carboxylic acids is 1. The van der Waals surface area contributed by atoms with Gasteiger partial charge in [-0.2, -0.15) is 0 Å². The number of ether oxygens (including phenoxy) is 1. The van der Waals surface area contributed by atoms with Crippen molar-refractivity contribution in [3.05, 3.63) is 18.3 Å². The predicted molar refractivity (Wildman–Crippen MR) is 50.2 cm³/mol. The summed E-state index contributed by atoms with van der Waals surface area (Å²) in [6.45, 7) is 0.967. The third-order valence-electron chi connectivity index (χ3n) is 2.43. The number of nitrogens with one attached hydrogen (secondary N) is 2. The van der Waals surface area contributed by atoms with Gasteiger partial charge >= 0.3 is 5.97 Å². The first-order valence-electron chi connectivity index (χ1n) is 4.41. The number of aliphatic carboxylic acids is 1. The first kappa shape index (κ1) is 9.08. The molecule has 1 aromatic heterocycles. The van der Waals surface area contributed by atoms with Gasteiger partial charge in [0.05, 0.1) is 13.2 Å². The molecule has 5 heteroatoms. The highest BCUT2D eigenvalue weighted by molar-refractivity contribution is 5.76. The van der Waals surface area contributed by atoms with Crippen LogP contribution in [-0.4, -0.2) is 35.8 Å². The van der Waals surface area contributed by atoms with Gasteiger partial charge in [0.2, 0.25) is 0 Å². The molecule has 0 aliphatic carbocycles. The molecule has 0 amide bonds. The fraction of sp³-hybridized carbons (Fsp3) is 0.444. The van der Waals surface area contributed by atoms with Gasteiger partial charge in [0.15, 0.2) is 0 Å². The fourth-order valence-corrected chi connectivity index (χ4v) is 1.35. The number of hydrogen-bond donors (Lipinski definition) is 3. The van der Waals surface area contributed by atoms with E-state index in [1.165, 1.54) is 0 Å². The number of anilines is 1. The first-order chi connectivity index (χ1) is 6.73. The SMILES string of the molecule is O=C(O)C1(CNc2ccc[nH]2)COC1. The molecule has 1 aliphatic heterocycles. The van der Waals surface area contributed by atoms with Crippen LogP contribution in [0, 0.1) is 5.41 Å². The minimum absolute atomic E-state index is 0.288. The molecule has 0 atom stereocenters. The quantitative estimate of drug-likeness (QED) is 0.656. The number of rotatable bonds is 4. The molecule has 2 rings (SSSR count). The average molecular weight is 196 g/mol. The predicted octanol–water partition coefficient (Wildman–Crippen LogP) is 0.528. The van der Waals surface area contributed by atoms with Crippen LogP contribution >= 0.6 is 0 Å². The number of H-pyrrole nitrogens is 1. The molecule has 1 aliphatic rings. The molecule has 0 radical (unpaired) electrons. The minimum Gasteiger partial charge on any atom is -0.481 e. The highest BCUT2D eigenvalue weighted by atomic mass is 16.5. The van der Waals surface area contributed by atoms with Crippen LogP contribution in [0.5, 0.6) is 0 Å². The Morgan fingerprint density at radius 1 is 1.71 bits per heavy atom. The summed E-state index contributed by atoms with van der Waals surface area (Å²) in [4.78, 5) is 13.9. The largest absolute Gasteiger partial charge is 0.481 e. The zero-order chi connectivity index (χ0) is 10.0. The van der Waals surface area contributed by atoms with Crippen molar-refractivity contribution in [3.63, 3.8) is 0 Å². The van der Waals surface area contributed by atoms with E-state index >= 15 is 0 Å². The second kappa shape index (κ2) is 3.34. The smallest absolute Gasteiger partial charge is 0.316 e. The third kappa shape index (κ3) is 1.46. The third-order valence-corrected chi connectivity index (χ3v) is 2.43. The van der Waals surface area contributed by atoms with Gasteiger partial charge in [0.1, 0.15) is 11.2 Å². The Kier molecular flexibility index (Phi) is 2.17. The van der Waals surface area contributed by atoms with Crippen LogP contribution in [0.1, 0.15) is 0 Å². The van der Waals surface area contributed by atoms with Gasteiger partial charge in [-0.3, -0.25) is 4.79 Å². The molecular weight excluding hydrogens is 184 g/mol. The van der Waals surface area contributed by atoms with Gasteiger partial charge in [-0.1, -0.05) is 0 Å². The van der Waals surface area contributed by atoms with E-state index in [1.54, 1.807) is 6.20 Å². The fourth-order valence-electron chi connectivity index (χ4n) is 1.35. The maximum absolute atomic E-state index is 10.9. The standard InChI is InChI=1S/C9H12N2O3/c12-8(13)9(5-14-6-9)4-11-7-2-1-3-10-7/h1-3,10-11H,4-6H2,(H,12,13). The van der Waals surface area contributed by atoms with E-state index in [-0.39, 0.29) is 13.2 Å². The van der Waals surface area contributed by atoms with E-state index in [1.807, 2.05) is 12.1 Å². The van der Waals surface area contributed by atoms with E-state index in [2.05, 4.69) is 10.3 Å². The Morgan fingerprint density at radius 3 is 2.93 bits per heavy atom. The Labute approximate surface area is 81.1 Å². The van der Waals surface area contributed by atoms with Crippen molar-refractivity contribution in [2.45, 2.75) is 0 Å². The van der Waals surface area contributed by atoms with E-state index < -0.39 is 11.4 Å².